The van der Waals surface area contributed by atoms with Crippen LogP contribution < -0.4 is 4.83 Å². The van der Waals surface area contributed by atoms with Gasteiger partial charge in [-0.25, -0.2) is 0 Å². The zero-order valence-corrected chi connectivity index (χ0v) is 8.78. The number of hydrogen-bond acceptors (Lipinski definition) is 4. The van der Waals surface area contributed by atoms with Gasteiger partial charge in [0.1, 0.15) is 0 Å². The maximum atomic E-state index is 5.22. The van der Waals surface area contributed by atoms with Crippen molar-refractivity contribution in [3.63, 3.8) is 0 Å². The van der Waals surface area contributed by atoms with Crippen LogP contribution in [0.3, 0.4) is 0 Å². The average Bonchev–Trinajstić information content (AvgIpc) is 2.48. The Labute approximate surface area is 87.5 Å². The summed E-state index contributed by atoms with van der Waals surface area (Å²) in [7, 11) is 1.97. The third-order valence-corrected chi connectivity index (χ3v) is 3.04. The van der Waals surface area contributed by atoms with E-state index < -0.39 is 0 Å². The normalized spacial score (nSPS) is 16.8. The highest BCUT2D eigenvalue weighted by Gasteiger charge is 2.13. The molecule has 0 amide bonds. The van der Waals surface area contributed by atoms with E-state index in [4.69, 9.17) is 12.6 Å². The van der Waals surface area contributed by atoms with Crippen LogP contribution in [0.25, 0.3) is 5.70 Å². The zero-order valence-electron chi connectivity index (χ0n) is 7.15. The molecule has 0 aliphatic carbocycles. The topological polar surface area (TPSA) is 15.3 Å². The van der Waals surface area contributed by atoms with E-state index in [1.807, 2.05) is 30.3 Å². The van der Waals surface area contributed by atoms with E-state index in [0.29, 0.717) is 0 Å². The number of nitrogens with one attached hydrogen (secondary N) is 1. The van der Waals surface area contributed by atoms with E-state index in [9.17, 15) is 0 Å². The second-order valence-electron chi connectivity index (χ2n) is 2.75. The number of rotatable bonds is 1. The summed E-state index contributed by atoms with van der Waals surface area (Å²) in [5.41, 5.74) is 2.24. The van der Waals surface area contributed by atoms with E-state index in [-0.39, 0.29) is 0 Å². The highest BCUT2D eigenvalue weighted by atomic mass is 32.2. The van der Waals surface area contributed by atoms with Crippen LogP contribution in [0.2, 0.25) is 0 Å². The van der Waals surface area contributed by atoms with Crippen molar-refractivity contribution in [3.05, 3.63) is 40.1 Å². The van der Waals surface area contributed by atoms with Gasteiger partial charge in [-0.3, -0.25) is 0 Å². The Morgan fingerprint density at radius 2 is 2.00 bits per heavy atom. The molecule has 1 aromatic rings. The molecule has 2 nitrogen and oxygen atoms in total. The molecule has 0 saturated carbocycles. The number of hydrogen-bond donors (Lipinski definition) is 1. The Balaban J connectivity index is 2.41. The van der Waals surface area contributed by atoms with Crippen LogP contribution in [0.1, 0.15) is 5.56 Å². The van der Waals surface area contributed by atoms with Gasteiger partial charge < -0.3 is 17.6 Å². The van der Waals surface area contributed by atoms with Crippen LogP contribution >= 0.6 is 11.9 Å². The first-order valence-corrected chi connectivity index (χ1v) is 5.14. The van der Waals surface area contributed by atoms with Crippen molar-refractivity contribution in [3.8, 4) is 0 Å². The fourth-order valence-electron chi connectivity index (χ4n) is 1.25. The lowest BCUT2D eigenvalue weighted by Crippen LogP contribution is -2.21. The number of hydrazine groups is 1. The van der Waals surface area contributed by atoms with Crippen molar-refractivity contribution in [2.75, 3.05) is 7.05 Å². The first kappa shape index (κ1) is 8.87. The number of nitrogens with zero attached hydrogens (tertiary/aromatic N) is 1. The van der Waals surface area contributed by atoms with Gasteiger partial charge in [-0.05, 0) is 5.56 Å². The monoisotopic (exact) mass is 209 g/mol. The predicted molar refractivity (Wildman–Crippen MR) is 59.2 cm³/mol. The maximum absolute atomic E-state index is 5.22. The Morgan fingerprint density at radius 1 is 1.31 bits per heavy atom. The molecular weight excluding hydrogens is 200 g/mol. The summed E-state index contributed by atoms with van der Waals surface area (Å²) < 4.78 is 0.897. The molecule has 0 saturated heterocycles. The van der Waals surface area contributed by atoms with Gasteiger partial charge in [0.05, 0.1) is 0 Å². The molecule has 0 spiro atoms. The lowest BCUT2D eigenvalue weighted by atomic mass is 10.2. The minimum Gasteiger partial charge on any atom is -0.770 e. The van der Waals surface area contributed by atoms with Gasteiger partial charge in [-0.1, -0.05) is 46.5 Å². The molecule has 0 atom stereocenters. The second kappa shape index (κ2) is 3.57. The highest BCUT2D eigenvalue weighted by molar-refractivity contribution is 8.10. The summed E-state index contributed by atoms with van der Waals surface area (Å²) >= 11 is 6.70. The Morgan fingerprint density at radius 3 is 2.54 bits per heavy atom. The molecule has 0 aromatic heterocycles. The van der Waals surface area contributed by atoms with Gasteiger partial charge >= 0.3 is 0 Å². The molecule has 1 N–H and O–H groups in total. The Kier molecular flexibility index (Phi) is 2.44. The molecule has 1 aliphatic heterocycles. The van der Waals surface area contributed by atoms with Gasteiger partial charge in [0.2, 0.25) is 0 Å². The lowest BCUT2D eigenvalue weighted by molar-refractivity contribution is 0.468. The van der Waals surface area contributed by atoms with Crippen LogP contribution in [-0.4, -0.2) is 12.1 Å². The SMILES string of the molecule is CN1NSC([S-])=C1c1ccccc1. The van der Waals surface area contributed by atoms with Gasteiger partial charge in [-0.2, -0.15) is 4.83 Å². The molecular formula is C9H9N2S2-. The van der Waals surface area contributed by atoms with E-state index in [0.717, 1.165) is 15.5 Å². The van der Waals surface area contributed by atoms with Crippen LogP contribution in [-0.2, 0) is 12.6 Å². The summed E-state index contributed by atoms with van der Waals surface area (Å²) in [6.45, 7) is 0. The minimum absolute atomic E-state index is 0.897. The largest absolute Gasteiger partial charge is 0.770 e. The van der Waals surface area contributed by atoms with Crippen molar-refractivity contribution in [2.24, 2.45) is 0 Å². The quantitative estimate of drug-likeness (QED) is 0.561. The van der Waals surface area contributed by atoms with Crippen molar-refractivity contribution in [2.45, 2.75) is 0 Å². The van der Waals surface area contributed by atoms with Gasteiger partial charge in [0.25, 0.3) is 0 Å². The Hall–Kier alpha value is -0.710. The molecule has 0 unspecified atom stereocenters. The first-order chi connectivity index (χ1) is 6.29. The van der Waals surface area contributed by atoms with E-state index in [2.05, 4.69) is 17.0 Å². The average molecular weight is 209 g/mol. The molecule has 1 aliphatic rings. The predicted octanol–water partition coefficient (Wildman–Crippen LogP) is 1.96. The third kappa shape index (κ3) is 1.65. The van der Waals surface area contributed by atoms with Gasteiger partial charge in [0.15, 0.2) is 0 Å². The van der Waals surface area contributed by atoms with Crippen molar-refractivity contribution in [1.82, 2.24) is 9.84 Å². The van der Waals surface area contributed by atoms with E-state index in [1.165, 1.54) is 11.9 Å². The lowest BCUT2D eigenvalue weighted by Gasteiger charge is -2.16. The number of benzene rings is 1. The standard InChI is InChI=1S/C9H10N2S2/c1-11-8(9(12)13-10-11)7-5-3-2-4-6-7/h2-6,10,12H,1H3/p-1. The van der Waals surface area contributed by atoms with Crippen molar-refractivity contribution in [1.29, 1.82) is 0 Å². The summed E-state index contributed by atoms with van der Waals surface area (Å²) in [4.78, 5) is 3.09. The molecule has 68 valence electrons. The Bertz CT molecular complexity index is 335. The molecule has 1 heterocycles. The maximum Gasteiger partial charge on any atom is 0.0481 e. The highest BCUT2D eigenvalue weighted by Crippen LogP contribution is 2.31. The van der Waals surface area contributed by atoms with Crippen LogP contribution in [0.5, 0.6) is 0 Å². The molecule has 0 fully saturated rings. The molecule has 1 aromatic carbocycles. The molecule has 13 heavy (non-hydrogen) atoms. The fourth-order valence-corrected chi connectivity index (χ4v) is 2.28. The zero-order chi connectivity index (χ0) is 9.26. The fraction of sp³-hybridized carbons (Fsp3) is 0.111. The summed E-state index contributed by atoms with van der Waals surface area (Å²) in [5, 5.41) is 1.95. The van der Waals surface area contributed by atoms with Crippen LogP contribution in [0.4, 0.5) is 0 Å². The van der Waals surface area contributed by atoms with Crippen LogP contribution in [0, 0.1) is 0 Å². The van der Waals surface area contributed by atoms with E-state index >= 15 is 0 Å². The van der Waals surface area contributed by atoms with Gasteiger partial charge in [0, 0.05) is 12.7 Å². The summed E-state index contributed by atoms with van der Waals surface area (Å²) in [6.07, 6.45) is 0. The van der Waals surface area contributed by atoms with E-state index in [1.54, 1.807) is 0 Å². The first-order valence-electron chi connectivity index (χ1n) is 3.92. The van der Waals surface area contributed by atoms with Gasteiger partial charge in [-0.15, -0.1) is 0 Å². The third-order valence-electron chi connectivity index (χ3n) is 1.85. The molecule has 4 heteroatoms. The van der Waals surface area contributed by atoms with Crippen molar-refractivity contribution < 1.29 is 0 Å². The molecule has 2 rings (SSSR count). The minimum atomic E-state index is 0.897. The summed E-state index contributed by atoms with van der Waals surface area (Å²) in [6, 6.07) is 10.2. The molecule has 0 radical (unpaired) electrons. The van der Waals surface area contributed by atoms with Crippen LogP contribution in [0.15, 0.2) is 34.6 Å². The summed E-state index contributed by atoms with van der Waals surface area (Å²) in [5.74, 6) is 0. The van der Waals surface area contributed by atoms with Crippen molar-refractivity contribution >= 4 is 30.3 Å². The smallest absolute Gasteiger partial charge is 0.0481 e. The second-order valence-corrected chi connectivity index (χ2v) is 4.22. The molecule has 0 bridgehead atoms.